The van der Waals surface area contributed by atoms with Crippen molar-refractivity contribution in [3.8, 4) is 0 Å². The van der Waals surface area contributed by atoms with Crippen LogP contribution in [0.2, 0.25) is 5.02 Å². The van der Waals surface area contributed by atoms with E-state index in [1.807, 2.05) is 18.2 Å². The summed E-state index contributed by atoms with van der Waals surface area (Å²) in [6.45, 7) is 4.80. The average Bonchev–Trinajstić information content (AvgIpc) is 3.08. The fourth-order valence-electron chi connectivity index (χ4n) is 2.80. The van der Waals surface area contributed by atoms with Gasteiger partial charge in [0, 0.05) is 57.2 Å². The molecule has 6 nitrogen and oxygen atoms in total. The molecule has 1 saturated heterocycles. The minimum atomic E-state index is 0. The number of nitrogens with zero attached hydrogens (tertiary/aromatic N) is 2. The van der Waals surface area contributed by atoms with Crippen LogP contribution < -0.4 is 15.5 Å². The van der Waals surface area contributed by atoms with Gasteiger partial charge < -0.3 is 25.0 Å². The number of guanidine groups is 1. The molecule has 1 atom stereocenters. The standard InChI is InChI=1S/C18H29ClN4O2.HI/c1-20-18(21-8-4-10-25-12-11-24-2)22-16-7-9-23(14-16)17-6-3-5-15(19)13-17;/h3,5-6,13,16H,4,7-12,14H2,1-2H3,(H2,20,21,22);1H. The Morgan fingerprint density at radius 3 is 2.92 bits per heavy atom. The molecular formula is C18H30ClIN4O2. The first-order chi connectivity index (χ1) is 12.2. The summed E-state index contributed by atoms with van der Waals surface area (Å²) in [7, 11) is 3.48. The monoisotopic (exact) mass is 496 g/mol. The second kappa shape index (κ2) is 13.4. The predicted octanol–water partition coefficient (Wildman–Crippen LogP) is 2.75. The van der Waals surface area contributed by atoms with E-state index in [4.69, 9.17) is 21.1 Å². The van der Waals surface area contributed by atoms with Gasteiger partial charge in [0.15, 0.2) is 5.96 Å². The van der Waals surface area contributed by atoms with Gasteiger partial charge in [-0.2, -0.15) is 0 Å². The number of aliphatic imine (C=N–C) groups is 1. The molecule has 1 aromatic carbocycles. The van der Waals surface area contributed by atoms with Crippen LogP contribution in [0.5, 0.6) is 0 Å². The van der Waals surface area contributed by atoms with E-state index in [1.165, 1.54) is 5.69 Å². The highest BCUT2D eigenvalue weighted by Gasteiger charge is 2.23. The minimum absolute atomic E-state index is 0. The van der Waals surface area contributed by atoms with Gasteiger partial charge in [-0.3, -0.25) is 4.99 Å². The van der Waals surface area contributed by atoms with Gasteiger partial charge in [0.25, 0.3) is 0 Å². The third-order valence-corrected chi connectivity index (χ3v) is 4.35. The van der Waals surface area contributed by atoms with Crippen molar-refractivity contribution in [1.82, 2.24) is 10.6 Å². The number of rotatable bonds is 9. The van der Waals surface area contributed by atoms with Crippen LogP contribution in [-0.4, -0.2) is 65.6 Å². The molecule has 1 aliphatic heterocycles. The van der Waals surface area contributed by atoms with E-state index in [1.54, 1.807) is 14.2 Å². The van der Waals surface area contributed by atoms with E-state index in [2.05, 4.69) is 26.6 Å². The Hall–Kier alpha value is -0.770. The maximum absolute atomic E-state index is 6.09. The van der Waals surface area contributed by atoms with Crippen LogP contribution >= 0.6 is 35.6 Å². The Balaban J connectivity index is 0.00000338. The average molecular weight is 497 g/mol. The van der Waals surface area contributed by atoms with Crippen molar-refractivity contribution < 1.29 is 9.47 Å². The molecule has 0 spiro atoms. The molecule has 0 bridgehead atoms. The molecule has 1 aliphatic rings. The van der Waals surface area contributed by atoms with Gasteiger partial charge in [-0.15, -0.1) is 24.0 Å². The molecule has 1 aromatic rings. The fourth-order valence-corrected chi connectivity index (χ4v) is 2.98. The number of nitrogens with one attached hydrogen (secondary N) is 2. The second-order valence-electron chi connectivity index (χ2n) is 6.01. The Bertz CT molecular complexity index is 548. The molecular weight excluding hydrogens is 467 g/mol. The minimum Gasteiger partial charge on any atom is -0.382 e. The molecule has 1 fully saturated rings. The van der Waals surface area contributed by atoms with Crippen molar-refractivity contribution in [3.05, 3.63) is 29.3 Å². The highest BCUT2D eigenvalue weighted by atomic mass is 127. The van der Waals surface area contributed by atoms with E-state index in [-0.39, 0.29) is 24.0 Å². The molecule has 148 valence electrons. The lowest BCUT2D eigenvalue weighted by Gasteiger charge is -2.20. The third kappa shape index (κ3) is 8.28. The number of ether oxygens (including phenoxy) is 2. The van der Waals surface area contributed by atoms with E-state index < -0.39 is 0 Å². The van der Waals surface area contributed by atoms with Crippen LogP contribution in [0.25, 0.3) is 0 Å². The summed E-state index contributed by atoms with van der Waals surface area (Å²) in [5.41, 5.74) is 1.17. The summed E-state index contributed by atoms with van der Waals surface area (Å²) in [5, 5.41) is 7.61. The molecule has 2 N–H and O–H groups in total. The highest BCUT2D eigenvalue weighted by Crippen LogP contribution is 2.23. The Labute approximate surface area is 178 Å². The van der Waals surface area contributed by atoms with Crippen LogP contribution in [0.3, 0.4) is 0 Å². The van der Waals surface area contributed by atoms with Gasteiger partial charge in [0.05, 0.1) is 13.2 Å². The zero-order chi connectivity index (χ0) is 17.9. The molecule has 2 rings (SSSR count). The first kappa shape index (κ1) is 23.3. The van der Waals surface area contributed by atoms with E-state index in [0.29, 0.717) is 19.3 Å². The molecule has 0 saturated carbocycles. The molecule has 0 amide bonds. The van der Waals surface area contributed by atoms with Crippen LogP contribution in [0.4, 0.5) is 5.69 Å². The maximum Gasteiger partial charge on any atom is 0.191 e. The predicted molar refractivity (Wildman–Crippen MR) is 119 cm³/mol. The number of methoxy groups -OCH3 is 1. The molecule has 0 aliphatic carbocycles. The zero-order valence-corrected chi connectivity index (χ0v) is 18.6. The van der Waals surface area contributed by atoms with Gasteiger partial charge in [-0.05, 0) is 31.0 Å². The van der Waals surface area contributed by atoms with Crippen LogP contribution in [-0.2, 0) is 9.47 Å². The van der Waals surface area contributed by atoms with Gasteiger partial charge >= 0.3 is 0 Å². The SMILES string of the molecule is CN=C(NCCCOCCOC)NC1CCN(c2cccc(Cl)c2)C1.I. The van der Waals surface area contributed by atoms with E-state index >= 15 is 0 Å². The lowest BCUT2D eigenvalue weighted by atomic mass is 10.2. The van der Waals surface area contributed by atoms with Crippen molar-refractivity contribution in [2.75, 3.05) is 58.5 Å². The summed E-state index contributed by atoms with van der Waals surface area (Å²) in [4.78, 5) is 6.65. The van der Waals surface area contributed by atoms with Crippen molar-refractivity contribution >= 4 is 47.2 Å². The summed E-state index contributed by atoms with van der Waals surface area (Å²) in [6, 6.07) is 8.39. The van der Waals surface area contributed by atoms with Gasteiger partial charge in [-0.25, -0.2) is 0 Å². The van der Waals surface area contributed by atoms with Crippen LogP contribution in [0, 0.1) is 0 Å². The fraction of sp³-hybridized carbons (Fsp3) is 0.611. The number of hydrogen-bond donors (Lipinski definition) is 2. The van der Waals surface area contributed by atoms with Crippen LogP contribution in [0.1, 0.15) is 12.8 Å². The Kier molecular flexibility index (Phi) is 12.0. The molecule has 0 aromatic heterocycles. The van der Waals surface area contributed by atoms with Crippen molar-refractivity contribution in [2.24, 2.45) is 4.99 Å². The smallest absolute Gasteiger partial charge is 0.191 e. The van der Waals surface area contributed by atoms with E-state index in [0.717, 1.165) is 50.1 Å². The molecule has 1 heterocycles. The Morgan fingerprint density at radius 1 is 1.35 bits per heavy atom. The topological polar surface area (TPSA) is 58.1 Å². The lowest BCUT2D eigenvalue weighted by molar-refractivity contribution is 0.0698. The lowest BCUT2D eigenvalue weighted by Crippen LogP contribution is -2.45. The summed E-state index contributed by atoms with van der Waals surface area (Å²) in [5.74, 6) is 0.842. The normalized spacial score (nSPS) is 17.1. The molecule has 1 unspecified atom stereocenters. The van der Waals surface area contributed by atoms with Crippen molar-refractivity contribution in [1.29, 1.82) is 0 Å². The first-order valence-electron chi connectivity index (χ1n) is 8.77. The van der Waals surface area contributed by atoms with Crippen molar-refractivity contribution in [2.45, 2.75) is 18.9 Å². The second-order valence-corrected chi connectivity index (χ2v) is 6.45. The number of benzene rings is 1. The maximum atomic E-state index is 6.09. The van der Waals surface area contributed by atoms with E-state index in [9.17, 15) is 0 Å². The largest absolute Gasteiger partial charge is 0.382 e. The third-order valence-electron chi connectivity index (χ3n) is 4.12. The zero-order valence-electron chi connectivity index (χ0n) is 15.5. The molecule has 26 heavy (non-hydrogen) atoms. The molecule has 8 heteroatoms. The number of anilines is 1. The molecule has 0 radical (unpaired) electrons. The van der Waals surface area contributed by atoms with Crippen LogP contribution in [0.15, 0.2) is 29.3 Å². The Morgan fingerprint density at radius 2 is 2.19 bits per heavy atom. The first-order valence-corrected chi connectivity index (χ1v) is 9.15. The van der Waals surface area contributed by atoms with Gasteiger partial charge in [-0.1, -0.05) is 17.7 Å². The van der Waals surface area contributed by atoms with Crippen molar-refractivity contribution in [3.63, 3.8) is 0 Å². The quantitative estimate of drug-likeness (QED) is 0.238. The summed E-state index contributed by atoms with van der Waals surface area (Å²) in [6.07, 6.45) is 2.01. The summed E-state index contributed by atoms with van der Waals surface area (Å²) >= 11 is 6.09. The highest BCUT2D eigenvalue weighted by molar-refractivity contribution is 14.0. The summed E-state index contributed by atoms with van der Waals surface area (Å²) < 4.78 is 10.4. The number of hydrogen-bond acceptors (Lipinski definition) is 4. The van der Waals surface area contributed by atoms with Gasteiger partial charge in [0.1, 0.15) is 0 Å². The number of halogens is 2. The van der Waals surface area contributed by atoms with Gasteiger partial charge in [0.2, 0.25) is 0 Å².